The Morgan fingerprint density at radius 3 is 2.62 bits per heavy atom. The van der Waals surface area contributed by atoms with E-state index in [2.05, 4.69) is 20.0 Å². The Morgan fingerprint density at radius 1 is 1.09 bits per heavy atom. The fourth-order valence-corrected chi connectivity index (χ4v) is 5.36. The molecule has 4 heterocycles. The van der Waals surface area contributed by atoms with Gasteiger partial charge in [-0.15, -0.1) is 22.7 Å². The fraction of sp³-hybridized carbons (Fsp3) is 0.333. The van der Waals surface area contributed by atoms with Crippen LogP contribution in [0.15, 0.2) is 46.3 Å². The van der Waals surface area contributed by atoms with Gasteiger partial charge in [-0.05, 0) is 37.4 Å². The molecule has 0 aliphatic carbocycles. The number of aryl methyl sites for hydroxylation is 2. The van der Waals surface area contributed by atoms with Crippen LogP contribution in [-0.4, -0.2) is 57.0 Å². The Labute approximate surface area is 205 Å². The molecule has 5 rings (SSSR count). The van der Waals surface area contributed by atoms with Gasteiger partial charge in [-0.3, -0.25) is 9.69 Å². The van der Waals surface area contributed by atoms with Crippen LogP contribution >= 0.6 is 22.7 Å². The molecule has 0 N–H and O–H groups in total. The first kappa shape index (κ1) is 22.7. The zero-order valence-corrected chi connectivity index (χ0v) is 20.7. The van der Waals surface area contributed by atoms with Crippen molar-refractivity contribution in [2.45, 2.75) is 27.0 Å². The van der Waals surface area contributed by atoms with Crippen LogP contribution in [-0.2, 0) is 13.2 Å². The molecule has 1 aliphatic heterocycles. The lowest BCUT2D eigenvalue weighted by Gasteiger charge is -2.33. The third kappa shape index (κ3) is 5.19. The molecule has 0 radical (unpaired) electrons. The number of hydrogen-bond donors (Lipinski definition) is 0. The Morgan fingerprint density at radius 2 is 1.88 bits per heavy atom. The number of benzene rings is 1. The molecule has 34 heavy (non-hydrogen) atoms. The predicted octanol–water partition coefficient (Wildman–Crippen LogP) is 4.41. The summed E-state index contributed by atoms with van der Waals surface area (Å²) in [7, 11) is 0. The number of carbonyl (C=O) groups is 1. The van der Waals surface area contributed by atoms with Crippen molar-refractivity contribution in [2.24, 2.45) is 0 Å². The quantitative estimate of drug-likeness (QED) is 0.375. The number of amides is 1. The molecule has 1 fully saturated rings. The Kier molecular flexibility index (Phi) is 6.70. The van der Waals surface area contributed by atoms with Gasteiger partial charge >= 0.3 is 0 Å². The third-order valence-corrected chi connectivity index (χ3v) is 7.63. The topological polar surface area (TPSA) is 84.6 Å². The Hall–Kier alpha value is -3.08. The minimum Gasteiger partial charge on any atom is -0.486 e. The second-order valence-electron chi connectivity index (χ2n) is 8.18. The zero-order valence-electron chi connectivity index (χ0n) is 19.1. The molecule has 176 valence electrons. The first-order valence-electron chi connectivity index (χ1n) is 11.1. The van der Waals surface area contributed by atoms with Crippen LogP contribution in [0.3, 0.4) is 0 Å². The Bertz CT molecular complexity index is 1240. The van der Waals surface area contributed by atoms with Gasteiger partial charge < -0.3 is 14.2 Å². The summed E-state index contributed by atoms with van der Waals surface area (Å²) in [6, 6.07) is 11.9. The number of ether oxygens (including phenoxy) is 1. The number of rotatable bonds is 7. The predicted molar refractivity (Wildman–Crippen MR) is 131 cm³/mol. The monoisotopic (exact) mass is 495 g/mol. The van der Waals surface area contributed by atoms with Crippen molar-refractivity contribution < 1.29 is 14.1 Å². The molecule has 0 bridgehead atoms. The largest absolute Gasteiger partial charge is 0.486 e. The first-order chi connectivity index (χ1) is 16.5. The van der Waals surface area contributed by atoms with Gasteiger partial charge in [0.15, 0.2) is 0 Å². The minimum atomic E-state index is 0.0361. The molecule has 10 heteroatoms. The highest BCUT2D eigenvalue weighted by atomic mass is 32.1. The molecule has 4 aromatic rings. The normalized spacial score (nSPS) is 14.5. The molecule has 1 amide bonds. The lowest BCUT2D eigenvalue weighted by Crippen LogP contribution is -2.48. The van der Waals surface area contributed by atoms with Gasteiger partial charge in [0.2, 0.25) is 11.7 Å². The molecule has 3 aromatic heterocycles. The minimum absolute atomic E-state index is 0.0361. The molecule has 8 nitrogen and oxygen atoms in total. The number of hydrogen-bond acceptors (Lipinski definition) is 9. The van der Waals surface area contributed by atoms with Crippen molar-refractivity contribution in [3.8, 4) is 16.5 Å². The summed E-state index contributed by atoms with van der Waals surface area (Å²) in [6.07, 6.45) is 0. The van der Waals surface area contributed by atoms with Crippen LogP contribution in [0.2, 0.25) is 0 Å². The lowest BCUT2D eigenvalue weighted by atomic mass is 10.2. The average Bonchev–Trinajstić information content (AvgIpc) is 3.60. The standard InChI is InChI=1S/C24H25N5O3S2/c1-16-5-7-18(8-6-16)31-15-21-25-17(2)22(34-21)24(30)29-11-9-28(10-12-29)14-20-26-23(27-32-20)19-4-3-13-33-19/h3-8,13H,9-12,14-15H2,1-2H3. The summed E-state index contributed by atoms with van der Waals surface area (Å²) < 4.78 is 11.3. The van der Waals surface area contributed by atoms with Crippen LogP contribution in [0.25, 0.3) is 10.7 Å². The molecule has 0 atom stereocenters. The van der Waals surface area contributed by atoms with Crippen molar-refractivity contribution in [3.63, 3.8) is 0 Å². The van der Waals surface area contributed by atoms with Crippen LogP contribution in [0, 0.1) is 13.8 Å². The van der Waals surface area contributed by atoms with Crippen molar-refractivity contribution in [1.82, 2.24) is 24.9 Å². The number of piperazine rings is 1. The van der Waals surface area contributed by atoms with Crippen molar-refractivity contribution >= 4 is 28.6 Å². The maximum absolute atomic E-state index is 13.1. The highest BCUT2D eigenvalue weighted by molar-refractivity contribution is 7.14. The number of thiophene rings is 1. The highest BCUT2D eigenvalue weighted by Gasteiger charge is 2.26. The van der Waals surface area contributed by atoms with E-state index in [1.807, 2.05) is 60.5 Å². The maximum atomic E-state index is 13.1. The van der Waals surface area contributed by atoms with E-state index in [4.69, 9.17) is 9.26 Å². The molecule has 0 spiro atoms. The zero-order chi connectivity index (χ0) is 23.5. The van der Waals surface area contributed by atoms with Crippen molar-refractivity contribution in [2.75, 3.05) is 26.2 Å². The van der Waals surface area contributed by atoms with E-state index in [1.54, 1.807) is 11.3 Å². The van der Waals surface area contributed by atoms with Gasteiger partial charge in [-0.1, -0.05) is 28.9 Å². The van der Waals surface area contributed by atoms with Gasteiger partial charge in [0.25, 0.3) is 5.91 Å². The second kappa shape index (κ2) is 10.0. The maximum Gasteiger partial charge on any atom is 0.265 e. The lowest BCUT2D eigenvalue weighted by molar-refractivity contribution is 0.0619. The fourth-order valence-electron chi connectivity index (χ4n) is 3.76. The number of nitrogens with zero attached hydrogens (tertiary/aromatic N) is 5. The molecular weight excluding hydrogens is 470 g/mol. The van der Waals surface area contributed by atoms with Gasteiger partial charge in [0.1, 0.15) is 22.2 Å². The van der Waals surface area contributed by atoms with Crippen LogP contribution in [0.5, 0.6) is 5.75 Å². The van der Waals surface area contributed by atoms with Crippen LogP contribution in [0.1, 0.15) is 31.8 Å². The van der Waals surface area contributed by atoms with Gasteiger partial charge in [0, 0.05) is 26.2 Å². The van der Waals surface area contributed by atoms with Crippen LogP contribution < -0.4 is 4.74 Å². The molecule has 0 saturated carbocycles. The van der Waals surface area contributed by atoms with E-state index < -0.39 is 0 Å². The summed E-state index contributed by atoms with van der Waals surface area (Å²) >= 11 is 3.00. The van der Waals surface area contributed by atoms with Gasteiger partial charge in [0.05, 0.1) is 17.1 Å². The molecule has 0 unspecified atom stereocenters. The summed E-state index contributed by atoms with van der Waals surface area (Å²) in [5, 5.41) is 6.87. The van der Waals surface area contributed by atoms with Crippen molar-refractivity contribution in [1.29, 1.82) is 0 Å². The van der Waals surface area contributed by atoms with E-state index in [1.165, 1.54) is 16.9 Å². The number of aromatic nitrogens is 3. The Balaban J connectivity index is 1.14. The van der Waals surface area contributed by atoms with Crippen molar-refractivity contribution in [3.05, 3.63) is 68.8 Å². The molecule has 1 saturated heterocycles. The van der Waals surface area contributed by atoms with Gasteiger partial charge in [-0.2, -0.15) is 4.98 Å². The molecule has 1 aliphatic rings. The summed E-state index contributed by atoms with van der Waals surface area (Å²) in [5.74, 6) is 2.06. The summed E-state index contributed by atoms with van der Waals surface area (Å²) in [5.41, 5.74) is 1.94. The first-order valence-corrected chi connectivity index (χ1v) is 12.8. The third-order valence-electron chi connectivity index (χ3n) is 5.65. The van der Waals surface area contributed by atoms with E-state index in [-0.39, 0.29) is 5.91 Å². The average molecular weight is 496 g/mol. The number of carbonyl (C=O) groups excluding carboxylic acids is 1. The molecule has 1 aromatic carbocycles. The molecular formula is C24H25N5O3S2. The SMILES string of the molecule is Cc1ccc(OCc2nc(C)c(C(=O)N3CCN(Cc4nc(-c5cccs5)no4)CC3)s2)cc1. The van der Waals surface area contributed by atoms with E-state index in [0.717, 1.165) is 34.4 Å². The summed E-state index contributed by atoms with van der Waals surface area (Å²) in [6.45, 7) is 7.67. The summed E-state index contributed by atoms with van der Waals surface area (Å²) in [4.78, 5) is 28.0. The second-order valence-corrected chi connectivity index (χ2v) is 10.2. The van der Waals surface area contributed by atoms with E-state index in [0.29, 0.717) is 42.8 Å². The van der Waals surface area contributed by atoms with E-state index in [9.17, 15) is 4.79 Å². The van der Waals surface area contributed by atoms with Gasteiger partial charge in [-0.25, -0.2) is 4.98 Å². The van der Waals surface area contributed by atoms with E-state index >= 15 is 0 Å². The highest BCUT2D eigenvalue weighted by Crippen LogP contribution is 2.24. The smallest absolute Gasteiger partial charge is 0.265 e. The number of thiazole rings is 1. The van der Waals surface area contributed by atoms with Crippen LogP contribution in [0.4, 0.5) is 0 Å².